The molecular formula is C15H13Cl2NO. The number of benzene rings is 1. The van der Waals surface area contributed by atoms with Crippen LogP contribution in [0.3, 0.4) is 0 Å². The highest BCUT2D eigenvalue weighted by Gasteiger charge is 2.51. The molecule has 0 radical (unpaired) electrons. The molecule has 2 nitrogen and oxygen atoms in total. The lowest BCUT2D eigenvalue weighted by Crippen LogP contribution is -2.19. The van der Waals surface area contributed by atoms with Crippen LogP contribution in [0, 0.1) is 0 Å². The van der Waals surface area contributed by atoms with E-state index >= 15 is 0 Å². The van der Waals surface area contributed by atoms with Crippen LogP contribution in [0.5, 0.6) is 0 Å². The van der Waals surface area contributed by atoms with Crippen molar-refractivity contribution < 1.29 is 5.11 Å². The molecule has 1 heterocycles. The van der Waals surface area contributed by atoms with E-state index in [-0.39, 0.29) is 5.41 Å². The van der Waals surface area contributed by atoms with Crippen molar-refractivity contribution in [3.8, 4) is 0 Å². The number of nitrogens with zero attached hydrogens (tertiary/aromatic N) is 1. The maximum absolute atomic E-state index is 10.6. The topological polar surface area (TPSA) is 33.1 Å². The van der Waals surface area contributed by atoms with Crippen molar-refractivity contribution in [1.29, 1.82) is 0 Å². The van der Waals surface area contributed by atoms with Crippen LogP contribution in [-0.4, -0.2) is 10.1 Å². The van der Waals surface area contributed by atoms with Gasteiger partial charge in [0, 0.05) is 11.6 Å². The summed E-state index contributed by atoms with van der Waals surface area (Å²) in [5.41, 5.74) is 1.47. The maximum Gasteiger partial charge on any atom is 0.106 e. The number of aliphatic hydroxyl groups excluding tert-OH is 1. The van der Waals surface area contributed by atoms with Crippen LogP contribution in [0.1, 0.15) is 30.2 Å². The zero-order valence-corrected chi connectivity index (χ0v) is 11.7. The zero-order chi connectivity index (χ0) is 13.5. The number of hydrogen-bond acceptors (Lipinski definition) is 2. The highest BCUT2D eigenvalue weighted by molar-refractivity contribution is 6.42. The zero-order valence-electron chi connectivity index (χ0n) is 10.2. The highest BCUT2D eigenvalue weighted by atomic mass is 35.5. The lowest BCUT2D eigenvalue weighted by atomic mass is 9.88. The largest absolute Gasteiger partial charge is 0.386 e. The minimum atomic E-state index is -0.606. The van der Waals surface area contributed by atoms with E-state index in [4.69, 9.17) is 23.2 Å². The Bertz CT molecular complexity index is 596. The Morgan fingerprint density at radius 1 is 1.11 bits per heavy atom. The molecule has 0 bridgehead atoms. The summed E-state index contributed by atoms with van der Waals surface area (Å²) in [4.78, 5) is 4.24. The summed E-state index contributed by atoms with van der Waals surface area (Å²) in [7, 11) is 0. The van der Waals surface area contributed by atoms with E-state index in [1.54, 1.807) is 12.3 Å². The second-order valence-electron chi connectivity index (χ2n) is 4.94. The third-order valence-electron chi connectivity index (χ3n) is 3.77. The van der Waals surface area contributed by atoms with Crippen molar-refractivity contribution in [3.05, 3.63) is 63.9 Å². The Labute approximate surface area is 122 Å². The average Bonchev–Trinajstić information content (AvgIpc) is 3.24. The number of aliphatic hydroxyl groups is 1. The normalized spacial score (nSPS) is 18.1. The van der Waals surface area contributed by atoms with Gasteiger partial charge in [-0.15, -0.1) is 0 Å². The van der Waals surface area contributed by atoms with E-state index in [1.165, 1.54) is 0 Å². The first-order valence-corrected chi connectivity index (χ1v) is 6.94. The van der Waals surface area contributed by atoms with Crippen molar-refractivity contribution in [3.63, 3.8) is 0 Å². The maximum atomic E-state index is 10.6. The SMILES string of the molecule is OC(c1ccccn1)C1(c2ccc(Cl)c(Cl)c2)CC1. The lowest BCUT2D eigenvalue weighted by Gasteiger charge is -2.22. The minimum absolute atomic E-state index is 0.261. The van der Waals surface area contributed by atoms with Crippen LogP contribution in [0.2, 0.25) is 10.0 Å². The summed E-state index contributed by atoms with van der Waals surface area (Å²) in [6.45, 7) is 0. The first-order valence-electron chi connectivity index (χ1n) is 6.18. The second kappa shape index (κ2) is 4.78. The molecule has 1 aliphatic carbocycles. The van der Waals surface area contributed by atoms with Gasteiger partial charge >= 0.3 is 0 Å². The molecule has 19 heavy (non-hydrogen) atoms. The molecule has 1 unspecified atom stereocenters. The Kier molecular flexibility index (Phi) is 3.25. The molecule has 0 saturated heterocycles. The van der Waals surface area contributed by atoms with Gasteiger partial charge in [-0.2, -0.15) is 0 Å². The molecule has 98 valence electrons. The van der Waals surface area contributed by atoms with Crippen LogP contribution in [0.15, 0.2) is 42.6 Å². The summed E-state index contributed by atoms with van der Waals surface area (Å²) in [5.74, 6) is 0. The van der Waals surface area contributed by atoms with E-state index < -0.39 is 6.10 Å². The summed E-state index contributed by atoms with van der Waals surface area (Å²) < 4.78 is 0. The Morgan fingerprint density at radius 3 is 2.47 bits per heavy atom. The monoisotopic (exact) mass is 293 g/mol. The van der Waals surface area contributed by atoms with Gasteiger partial charge in [-0.3, -0.25) is 4.98 Å². The molecule has 1 aromatic heterocycles. The molecule has 1 N–H and O–H groups in total. The summed E-state index contributed by atoms with van der Waals surface area (Å²) in [6, 6.07) is 11.1. The smallest absolute Gasteiger partial charge is 0.106 e. The van der Waals surface area contributed by atoms with Crippen LogP contribution in [0.4, 0.5) is 0 Å². The quantitative estimate of drug-likeness (QED) is 0.922. The van der Waals surface area contributed by atoms with E-state index in [9.17, 15) is 5.11 Å². The van der Waals surface area contributed by atoms with Crippen molar-refractivity contribution in [1.82, 2.24) is 4.98 Å². The Balaban J connectivity index is 1.97. The van der Waals surface area contributed by atoms with Crippen molar-refractivity contribution >= 4 is 23.2 Å². The fraction of sp³-hybridized carbons (Fsp3) is 0.267. The first-order chi connectivity index (χ1) is 9.13. The van der Waals surface area contributed by atoms with Gasteiger partial charge < -0.3 is 5.11 Å². The third-order valence-corrected chi connectivity index (χ3v) is 4.51. The number of hydrogen-bond donors (Lipinski definition) is 1. The van der Waals surface area contributed by atoms with Gasteiger partial charge in [0.25, 0.3) is 0 Å². The van der Waals surface area contributed by atoms with Gasteiger partial charge in [-0.25, -0.2) is 0 Å². The fourth-order valence-corrected chi connectivity index (χ4v) is 2.78. The summed E-state index contributed by atoms with van der Waals surface area (Å²) in [5, 5.41) is 11.6. The molecule has 1 fully saturated rings. The molecule has 0 amide bonds. The van der Waals surface area contributed by atoms with Crippen LogP contribution in [-0.2, 0) is 5.41 Å². The first kappa shape index (κ1) is 12.9. The minimum Gasteiger partial charge on any atom is -0.386 e. The molecular weight excluding hydrogens is 281 g/mol. The molecule has 1 aliphatic rings. The highest BCUT2D eigenvalue weighted by Crippen LogP contribution is 2.56. The van der Waals surface area contributed by atoms with Gasteiger partial charge in [0.05, 0.1) is 15.7 Å². The lowest BCUT2D eigenvalue weighted by molar-refractivity contribution is 0.128. The van der Waals surface area contributed by atoms with Crippen LogP contribution in [0.25, 0.3) is 0 Å². The molecule has 0 spiro atoms. The molecule has 1 atom stereocenters. The Morgan fingerprint density at radius 2 is 1.89 bits per heavy atom. The van der Waals surface area contributed by atoms with E-state index in [0.717, 1.165) is 18.4 Å². The summed E-state index contributed by atoms with van der Waals surface area (Å²) >= 11 is 12.0. The molecule has 3 rings (SSSR count). The predicted octanol–water partition coefficient (Wildman–Crippen LogP) is 4.15. The Hall–Kier alpha value is -1.09. The molecule has 0 aliphatic heterocycles. The standard InChI is InChI=1S/C15H13Cl2NO/c16-11-5-4-10(9-12(11)17)15(6-7-15)14(19)13-3-1-2-8-18-13/h1-5,8-9,14,19H,6-7H2. The number of aromatic nitrogens is 1. The van der Waals surface area contributed by atoms with E-state index in [0.29, 0.717) is 15.7 Å². The third kappa shape index (κ3) is 2.25. The van der Waals surface area contributed by atoms with Crippen LogP contribution >= 0.6 is 23.2 Å². The fourth-order valence-electron chi connectivity index (χ4n) is 2.48. The predicted molar refractivity (Wildman–Crippen MR) is 76.6 cm³/mol. The number of rotatable bonds is 3. The van der Waals surface area contributed by atoms with Gasteiger partial charge in [-0.05, 0) is 42.7 Å². The average molecular weight is 294 g/mol. The second-order valence-corrected chi connectivity index (χ2v) is 5.76. The molecule has 4 heteroatoms. The van der Waals surface area contributed by atoms with Crippen molar-refractivity contribution in [2.24, 2.45) is 0 Å². The van der Waals surface area contributed by atoms with Gasteiger partial charge in [0.1, 0.15) is 6.10 Å². The van der Waals surface area contributed by atoms with Crippen molar-refractivity contribution in [2.75, 3.05) is 0 Å². The van der Waals surface area contributed by atoms with Gasteiger partial charge in [0.2, 0.25) is 0 Å². The molecule has 2 aromatic rings. The molecule has 1 aromatic carbocycles. The van der Waals surface area contributed by atoms with Gasteiger partial charge in [0.15, 0.2) is 0 Å². The number of halogens is 2. The molecule has 1 saturated carbocycles. The van der Waals surface area contributed by atoms with E-state index in [1.807, 2.05) is 30.3 Å². The van der Waals surface area contributed by atoms with E-state index in [2.05, 4.69) is 4.98 Å². The van der Waals surface area contributed by atoms with Crippen LogP contribution < -0.4 is 0 Å². The number of pyridine rings is 1. The van der Waals surface area contributed by atoms with Gasteiger partial charge in [-0.1, -0.05) is 35.3 Å². The van der Waals surface area contributed by atoms with Crippen molar-refractivity contribution in [2.45, 2.75) is 24.4 Å². The summed E-state index contributed by atoms with van der Waals surface area (Å²) in [6.07, 6.45) is 2.96.